The highest BCUT2D eigenvalue weighted by Crippen LogP contribution is 2.47. The van der Waals surface area contributed by atoms with E-state index in [0.717, 1.165) is 58.9 Å². The molecule has 0 atom stereocenters. The number of anilines is 3. The highest BCUT2D eigenvalue weighted by molar-refractivity contribution is 9.10. The normalized spacial score (nSPS) is 13.8. The number of halogens is 1. The van der Waals surface area contributed by atoms with Gasteiger partial charge in [0.25, 0.3) is 0 Å². The average Bonchev–Trinajstić information content (AvgIpc) is 3.51. The highest BCUT2D eigenvalue weighted by Gasteiger charge is 2.23. The molecule has 0 unspecified atom stereocenters. The van der Waals surface area contributed by atoms with E-state index in [1.165, 1.54) is 0 Å². The molecular formula is C40H24BrNO. The van der Waals surface area contributed by atoms with Crippen LogP contribution in [0, 0.1) is 0 Å². The van der Waals surface area contributed by atoms with Crippen LogP contribution in [0.3, 0.4) is 0 Å². The summed E-state index contributed by atoms with van der Waals surface area (Å²) in [4.78, 5) is 2.11. The Morgan fingerprint density at radius 2 is 1.30 bits per heavy atom. The first-order valence-corrected chi connectivity index (χ1v) is 14.8. The summed E-state index contributed by atoms with van der Waals surface area (Å²) in [6.45, 7) is 0. The minimum absolute atomic E-state index is 0.133. The first kappa shape index (κ1) is 19.1. The third-order valence-electron chi connectivity index (χ3n) is 8.27. The fraction of sp³-hybridized carbons (Fsp3) is 0. The molecule has 0 amide bonds. The van der Waals surface area contributed by atoms with Gasteiger partial charge in [-0.05, 0) is 74.4 Å². The third kappa shape index (κ3) is 3.72. The van der Waals surface area contributed by atoms with E-state index in [-0.39, 0.29) is 29.7 Å². The van der Waals surface area contributed by atoms with Crippen molar-refractivity contribution in [3.63, 3.8) is 0 Å². The van der Waals surface area contributed by atoms with Crippen LogP contribution in [0.2, 0.25) is 0 Å². The fourth-order valence-corrected chi connectivity index (χ4v) is 6.85. The summed E-state index contributed by atoms with van der Waals surface area (Å²) in [7, 11) is 0. The number of fused-ring (bicyclic) bond motifs is 3. The maximum absolute atomic E-state index is 8.69. The molecular weight excluding hydrogens is 590 g/mol. The average molecular weight is 621 g/mol. The molecule has 1 heterocycles. The van der Waals surface area contributed by atoms with Crippen LogP contribution in [-0.4, -0.2) is 0 Å². The van der Waals surface area contributed by atoms with E-state index in [9.17, 15) is 0 Å². The quantitative estimate of drug-likeness (QED) is 0.182. The molecule has 9 aromatic rings. The molecule has 43 heavy (non-hydrogen) atoms. The molecule has 0 spiro atoms. The summed E-state index contributed by atoms with van der Waals surface area (Å²) >= 11 is 3.76. The molecule has 0 N–H and O–H groups in total. The zero-order valence-corrected chi connectivity index (χ0v) is 24.2. The summed E-state index contributed by atoms with van der Waals surface area (Å²) in [5, 5.41) is 8.34. The third-order valence-corrected chi connectivity index (χ3v) is 8.96. The van der Waals surface area contributed by atoms with E-state index in [1.54, 1.807) is 12.1 Å². The van der Waals surface area contributed by atoms with Gasteiger partial charge in [0.15, 0.2) is 5.58 Å². The predicted molar refractivity (Wildman–Crippen MR) is 185 cm³/mol. The van der Waals surface area contributed by atoms with E-state index in [2.05, 4.69) is 69.4 Å². The maximum atomic E-state index is 8.69. The van der Waals surface area contributed by atoms with E-state index >= 15 is 0 Å². The van der Waals surface area contributed by atoms with Gasteiger partial charge in [0, 0.05) is 26.3 Å². The van der Waals surface area contributed by atoms with E-state index < -0.39 is 6.04 Å². The molecule has 0 saturated heterocycles. The van der Waals surface area contributed by atoms with Crippen LogP contribution < -0.4 is 4.90 Å². The number of rotatable bonds is 4. The molecule has 3 heteroatoms. The van der Waals surface area contributed by atoms with Gasteiger partial charge in [0.1, 0.15) is 5.58 Å². The zero-order valence-electron chi connectivity index (χ0n) is 28.6. The number of nitrogens with zero attached hydrogens (tertiary/aromatic N) is 1. The Balaban J connectivity index is 1.38. The largest absolute Gasteiger partial charge is 0.454 e. The van der Waals surface area contributed by atoms with Crippen molar-refractivity contribution in [3.8, 4) is 11.1 Å². The van der Waals surface area contributed by atoms with E-state index in [1.807, 2.05) is 48.5 Å². The number of benzene rings is 8. The number of furan rings is 1. The van der Waals surface area contributed by atoms with Crippen molar-refractivity contribution < 1.29 is 12.6 Å². The highest BCUT2D eigenvalue weighted by atomic mass is 79.9. The lowest BCUT2D eigenvalue weighted by atomic mass is 9.93. The van der Waals surface area contributed by atoms with Crippen LogP contribution in [0.25, 0.3) is 65.4 Å². The maximum Gasteiger partial charge on any atom is 0.159 e. The van der Waals surface area contributed by atoms with Gasteiger partial charge in [-0.25, -0.2) is 0 Å². The molecule has 8 aromatic carbocycles. The second-order valence-corrected chi connectivity index (χ2v) is 11.5. The summed E-state index contributed by atoms with van der Waals surface area (Å²) < 4.78 is 58.2. The predicted octanol–water partition coefficient (Wildman–Crippen LogP) is 12.4. The second kappa shape index (κ2) is 9.45. The Morgan fingerprint density at radius 3 is 2.19 bits per heavy atom. The van der Waals surface area contributed by atoms with Gasteiger partial charge in [-0.15, -0.1) is 0 Å². The van der Waals surface area contributed by atoms with Crippen LogP contribution in [0.5, 0.6) is 0 Å². The van der Waals surface area contributed by atoms with Gasteiger partial charge in [-0.2, -0.15) is 0 Å². The lowest BCUT2D eigenvalue weighted by Crippen LogP contribution is -2.11. The summed E-state index contributed by atoms with van der Waals surface area (Å²) in [6, 6.07) is 34.4. The Labute approximate surface area is 265 Å². The van der Waals surface area contributed by atoms with Gasteiger partial charge in [-0.3, -0.25) is 0 Å². The van der Waals surface area contributed by atoms with E-state index in [4.69, 9.17) is 12.6 Å². The van der Waals surface area contributed by atoms with Crippen molar-refractivity contribution in [2.24, 2.45) is 0 Å². The lowest BCUT2D eigenvalue weighted by Gasteiger charge is -2.28. The Hall–Kier alpha value is -5.12. The van der Waals surface area contributed by atoms with Crippen molar-refractivity contribution in [1.82, 2.24) is 0 Å². The fourth-order valence-electron chi connectivity index (χ4n) is 6.39. The molecule has 9 rings (SSSR count). The molecule has 0 aliphatic heterocycles. The molecule has 0 aliphatic carbocycles. The monoisotopic (exact) mass is 619 g/mol. The molecule has 0 fully saturated rings. The van der Waals surface area contributed by atoms with Crippen molar-refractivity contribution in [1.29, 1.82) is 0 Å². The van der Waals surface area contributed by atoms with Crippen LogP contribution in [0.15, 0.2) is 154 Å². The molecule has 0 saturated carbocycles. The Kier molecular flexibility index (Phi) is 4.21. The summed E-state index contributed by atoms with van der Waals surface area (Å²) in [6.07, 6.45) is 0. The first-order valence-electron chi connectivity index (χ1n) is 17.0. The number of para-hydroxylation sites is 2. The van der Waals surface area contributed by atoms with Gasteiger partial charge >= 0.3 is 0 Å². The van der Waals surface area contributed by atoms with Gasteiger partial charge < -0.3 is 9.32 Å². The number of hydrogen-bond donors (Lipinski definition) is 0. The molecule has 202 valence electrons. The van der Waals surface area contributed by atoms with Crippen LogP contribution >= 0.6 is 15.9 Å². The van der Waals surface area contributed by atoms with E-state index in [0.29, 0.717) is 28.5 Å². The van der Waals surface area contributed by atoms with Crippen molar-refractivity contribution in [3.05, 3.63) is 150 Å². The lowest BCUT2D eigenvalue weighted by molar-refractivity contribution is 0.669. The zero-order chi connectivity index (χ0) is 33.7. The molecule has 0 bridgehead atoms. The van der Waals surface area contributed by atoms with Crippen LogP contribution in [0.4, 0.5) is 17.1 Å². The molecule has 0 radical (unpaired) electrons. The van der Waals surface area contributed by atoms with Gasteiger partial charge in [0.2, 0.25) is 0 Å². The minimum atomic E-state index is -0.429. The summed E-state index contributed by atoms with van der Waals surface area (Å²) in [5.41, 5.74) is 4.05. The van der Waals surface area contributed by atoms with Gasteiger partial charge in [-0.1, -0.05) is 125 Å². The van der Waals surface area contributed by atoms with Crippen molar-refractivity contribution >= 4 is 87.2 Å². The van der Waals surface area contributed by atoms with Gasteiger partial charge in [0.05, 0.1) is 19.6 Å². The molecule has 1 aromatic heterocycles. The topological polar surface area (TPSA) is 16.4 Å². The summed E-state index contributed by atoms with van der Waals surface area (Å²) in [5.74, 6) is 0. The molecule has 2 nitrogen and oxygen atoms in total. The standard InChI is InChI=1S/C40H24BrNO/c41-34-22-18-26-17-21-33-35(23-19-27-16-20-32(34)38(26)39(27)33)42(29-11-6-10-28(24-29)25-8-2-1-3-9-25)36-14-7-13-31-30-12-4-5-15-37(30)43-40(31)36/h1-24H/i1D,2D,3D,8D,9D,15D. The minimum Gasteiger partial charge on any atom is -0.454 e. The Morgan fingerprint density at radius 1 is 0.558 bits per heavy atom. The first-order chi connectivity index (χ1) is 23.7. The van der Waals surface area contributed by atoms with Crippen molar-refractivity contribution in [2.45, 2.75) is 0 Å². The van der Waals surface area contributed by atoms with Crippen LogP contribution in [0.1, 0.15) is 8.22 Å². The second-order valence-electron chi connectivity index (χ2n) is 10.6. The van der Waals surface area contributed by atoms with Crippen molar-refractivity contribution in [2.75, 3.05) is 4.90 Å². The number of hydrogen-bond acceptors (Lipinski definition) is 2. The smallest absolute Gasteiger partial charge is 0.159 e. The SMILES string of the molecule is [2H]c1c([2H])c([2H])c(-c2cccc(N(c3ccc4ccc5c(Br)ccc6ccc3c4c65)c3cccc4c3oc3c([2H])cccc34)c2)c([2H])c1[2H]. The molecule has 0 aliphatic rings. The Bertz CT molecular complexity index is 2800. The van der Waals surface area contributed by atoms with Crippen LogP contribution in [-0.2, 0) is 0 Å².